The number of anilines is 1. The van der Waals surface area contributed by atoms with Crippen LogP contribution in [-0.2, 0) is 11.3 Å². The molecule has 1 fully saturated rings. The fourth-order valence-electron chi connectivity index (χ4n) is 3.18. The molecule has 1 N–H and O–H groups in total. The number of nitrogens with one attached hydrogen (secondary N) is 1. The van der Waals surface area contributed by atoms with Crippen molar-refractivity contribution in [3.8, 4) is 0 Å². The van der Waals surface area contributed by atoms with Gasteiger partial charge in [-0.1, -0.05) is 36.8 Å². The highest BCUT2D eigenvalue weighted by Gasteiger charge is 2.17. The third-order valence-electron chi connectivity index (χ3n) is 5.01. The first-order valence-corrected chi connectivity index (χ1v) is 10.4. The van der Waals surface area contributed by atoms with Gasteiger partial charge in [-0.3, -0.25) is 14.5 Å². The molecule has 0 bridgehead atoms. The molecule has 27 heavy (non-hydrogen) atoms. The van der Waals surface area contributed by atoms with Gasteiger partial charge in [0.2, 0.25) is 5.91 Å². The van der Waals surface area contributed by atoms with Crippen LogP contribution in [0.2, 0.25) is 0 Å². The van der Waals surface area contributed by atoms with Crippen molar-refractivity contribution in [3.05, 3.63) is 46.5 Å². The average molecular weight is 386 g/mol. The Morgan fingerprint density at radius 1 is 1.19 bits per heavy atom. The highest BCUT2D eigenvalue weighted by atomic mass is 32.1. The van der Waals surface area contributed by atoms with E-state index >= 15 is 0 Å². The Hall–Kier alpha value is -2.05. The van der Waals surface area contributed by atoms with Crippen molar-refractivity contribution in [3.63, 3.8) is 0 Å². The maximum absolute atomic E-state index is 12.2. The van der Waals surface area contributed by atoms with E-state index in [0.717, 1.165) is 36.8 Å². The lowest BCUT2D eigenvalue weighted by Gasteiger charge is -2.29. The Balaban J connectivity index is 1.43. The molecule has 5 nitrogen and oxygen atoms in total. The highest BCUT2D eigenvalue weighted by Crippen LogP contribution is 2.21. The molecule has 0 unspecified atom stereocenters. The molecule has 0 saturated carbocycles. The van der Waals surface area contributed by atoms with Crippen LogP contribution in [0, 0.1) is 12.8 Å². The number of carbonyl (C=O) groups is 2. The van der Waals surface area contributed by atoms with Crippen LogP contribution in [0.4, 0.5) is 5.13 Å². The Morgan fingerprint density at radius 2 is 1.89 bits per heavy atom. The molecule has 0 radical (unpaired) electrons. The third kappa shape index (κ3) is 5.97. The monoisotopic (exact) mass is 385 g/mol. The van der Waals surface area contributed by atoms with Gasteiger partial charge in [-0.2, -0.15) is 0 Å². The molecule has 0 spiro atoms. The zero-order valence-electron chi connectivity index (χ0n) is 16.0. The molecule has 1 aliphatic heterocycles. The van der Waals surface area contributed by atoms with Crippen LogP contribution in [0.1, 0.15) is 54.2 Å². The van der Waals surface area contributed by atoms with E-state index in [2.05, 4.69) is 22.1 Å². The summed E-state index contributed by atoms with van der Waals surface area (Å²) in [7, 11) is 0. The lowest BCUT2D eigenvalue weighted by molar-refractivity contribution is -0.116. The number of amides is 1. The second-order valence-electron chi connectivity index (χ2n) is 7.44. The van der Waals surface area contributed by atoms with E-state index in [1.807, 2.05) is 36.6 Å². The van der Waals surface area contributed by atoms with Crippen molar-refractivity contribution in [1.29, 1.82) is 0 Å². The van der Waals surface area contributed by atoms with Gasteiger partial charge in [-0.05, 0) is 38.8 Å². The summed E-state index contributed by atoms with van der Waals surface area (Å²) in [6.07, 6.45) is 2.86. The molecular weight excluding hydrogens is 358 g/mol. The second-order valence-corrected chi connectivity index (χ2v) is 8.30. The normalized spacial score (nSPS) is 15.6. The van der Waals surface area contributed by atoms with E-state index in [4.69, 9.17) is 0 Å². The highest BCUT2D eigenvalue weighted by molar-refractivity contribution is 7.13. The van der Waals surface area contributed by atoms with E-state index in [0.29, 0.717) is 10.7 Å². The van der Waals surface area contributed by atoms with Crippen molar-refractivity contribution >= 4 is 28.2 Å². The summed E-state index contributed by atoms with van der Waals surface area (Å²) in [6.45, 7) is 7.35. The van der Waals surface area contributed by atoms with E-state index in [1.54, 1.807) is 0 Å². The molecule has 1 saturated heterocycles. The number of aromatic nitrogens is 1. The number of benzene rings is 1. The number of hydrogen-bond acceptors (Lipinski definition) is 5. The number of nitrogens with zero attached hydrogens (tertiary/aromatic N) is 2. The average Bonchev–Trinajstić information content (AvgIpc) is 3.09. The van der Waals surface area contributed by atoms with E-state index < -0.39 is 0 Å². The van der Waals surface area contributed by atoms with Crippen molar-refractivity contribution in [1.82, 2.24) is 9.88 Å². The summed E-state index contributed by atoms with van der Waals surface area (Å²) in [5.74, 6) is 0.640. The Morgan fingerprint density at radius 3 is 2.59 bits per heavy atom. The van der Waals surface area contributed by atoms with Crippen molar-refractivity contribution in [2.24, 2.45) is 5.92 Å². The summed E-state index contributed by atoms with van der Waals surface area (Å²) in [5, 5.41) is 5.44. The Bertz CT molecular complexity index is 777. The topological polar surface area (TPSA) is 62.3 Å². The number of rotatable bonds is 7. The molecule has 1 aromatic heterocycles. The van der Waals surface area contributed by atoms with Crippen molar-refractivity contribution in [2.45, 2.75) is 46.1 Å². The molecular formula is C21H27N3O2S. The number of thiazole rings is 1. The summed E-state index contributed by atoms with van der Waals surface area (Å²) in [6, 6.07) is 7.44. The number of ketones is 1. The smallest absolute Gasteiger partial charge is 0.226 e. The minimum absolute atomic E-state index is 0.00990. The quantitative estimate of drug-likeness (QED) is 0.723. The van der Waals surface area contributed by atoms with Gasteiger partial charge in [0.1, 0.15) is 0 Å². The molecule has 1 aliphatic rings. The molecule has 1 amide bonds. The Kier molecular flexibility index (Phi) is 6.74. The predicted molar refractivity (Wildman–Crippen MR) is 109 cm³/mol. The summed E-state index contributed by atoms with van der Waals surface area (Å²) in [4.78, 5) is 31.2. The van der Waals surface area contributed by atoms with Crippen LogP contribution in [-0.4, -0.2) is 34.7 Å². The second kappa shape index (κ2) is 9.24. The van der Waals surface area contributed by atoms with Gasteiger partial charge in [0.05, 0.1) is 5.69 Å². The predicted octanol–water partition coefficient (Wildman–Crippen LogP) is 4.29. The summed E-state index contributed by atoms with van der Waals surface area (Å²) >= 11 is 1.44. The number of aryl methyl sites for hydroxylation is 1. The zero-order valence-corrected chi connectivity index (χ0v) is 16.8. The molecule has 6 heteroatoms. The van der Waals surface area contributed by atoms with E-state index in [-0.39, 0.29) is 24.5 Å². The van der Waals surface area contributed by atoms with Crippen LogP contribution in [0.5, 0.6) is 0 Å². The van der Waals surface area contributed by atoms with Crippen LogP contribution < -0.4 is 5.32 Å². The molecule has 1 aromatic carbocycles. The third-order valence-corrected chi connectivity index (χ3v) is 5.82. The van der Waals surface area contributed by atoms with Crippen LogP contribution >= 0.6 is 11.3 Å². The minimum Gasteiger partial charge on any atom is -0.302 e. The fourth-order valence-corrected chi connectivity index (χ4v) is 3.90. The Labute approximate surface area is 164 Å². The van der Waals surface area contributed by atoms with Gasteiger partial charge in [0.25, 0.3) is 0 Å². The molecule has 2 heterocycles. The zero-order chi connectivity index (χ0) is 19.2. The number of hydrogen-bond donors (Lipinski definition) is 1. The van der Waals surface area contributed by atoms with Gasteiger partial charge in [-0.15, -0.1) is 11.3 Å². The first kappa shape index (κ1) is 19.7. The molecule has 144 valence electrons. The van der Waals surface area contributed by atoms with Crippen LogP contribution in [0.25, 0.3) is 0 Å². The van der Waals surface area contributed by atoms with Gasteiger partial charge < -0.3 is 5.32 Å². The molecule has 0 atom stereocenters. The molecule has 2 aromatic rings. The molecule has 0 aliphatic carbocycles. The maximum Gasteiger partial charge on any atom is 0.226 e. The van der Waals surface area contributed by atoms with Crippen molar-refractivity contribution in [2.75, 3.05) is 18.4 Å². The number of piperidine rings is 1. The SMILES string of the molecule is Cc1ccc(C(=O)CCC(=O)Nc2nc(CN3CCC(C)CC3)cs2)cc1. The lowest BCUT2D eigenvalue weighted by atomic mass is 9.99. The van der Waals surface area contributed by atoms with Crippen LogP contribution in [0.15, 0.2) is 29.6 Å². The number of Topliss-reactive ketones (excluding diaryl/α,β-unsaturated/α-hetero) is 1. The van der Waals surface area contributed by atoms with Gasteiger partial charge >= 0.3 is 0 Å². The van der Waals surface area contributed by atoms with Crippen molar-refractivity contribution < 1.29 is 9.59 Å². The largest absolute Gasteiger partial charge is 0.302 e. The van der Waals surface area contributed by atoms with Gasteiger partial charge in [0, 0.05) is 30.3 Å². The van der Waals surface area contributed by atoms with Gasteiger partial charge in [0.15, 0.2) is 10.9 Å². The lowest BCUT2D eigenvalue weighted by Crippen LogP contribution is -2.32. The van der Waals surface area contributed by atoms with E-state index in [9.17, 15) is 9.59 Å². The van der Waals surface area contributed by atoms with E-state index in [1.165, 1.54) is 24.2 Å². The van der Waals surface area contributed by atoms with Crippen LogP contribution in [0.3, 0.4) is 0 Å². The summed E-state index contributed by atoms with van der Waals surface area (Å²) in [5.41, 5.74) is 2.77. The fraction of sp³-hybridized carbons (Fsp3) is 0.476. The minimum atomic E-state index is -0.164. The number of likely N-dealkylation sites (tertiary alicyclic amines) is 1. The summed E-state index contributed by atoms with van der Waals surface area (Å²) < 4.78 is 0. The first-order chi connectivity index (χ1) is 13.0. The maximum atomic E-state index is 12.2. The standard InChI is InChI=1S/C21H27N3O2S/c1-15-3-5-17(6-4-15)19(25)7-8-20(26)23-21-22-18(14-27-21)13-24-11-9-16(2)10-12-24/h3-6,14,16H,7-13H2,1-2H3,(H,22,23,26). The number of carbonyl (C=O) groups excluding carboxylic acids is 2. The molecule has 3 rings (SSSR count). The van der Waals surface area contributed by atoms with Gasteiger partial charge in [-0.25, -0.2) is 4.98 Å². The first-order valence-electron chi connectivity index (χ1n) is 9.56.